The zero-order chi connectivity index (χ0) is 85.8. The van der Waals surface area contributed by atoms with Crippen molar-refractivity contribution in [3.8, 4) is 0 Å². The fraction of sp³-hybridized carbons (Fsp3) is 0.528. The van der Waals surface area contributed by atoms with Gasteiger partial charge >= 0.3 is 29.8 Å². The van der Waals surface area contributed by atoms with Crippen LogP contribution in [0.5, 0.6) is 0 Å². The lowest BCUT2D eigenvalue weighted by atomic mass is 9.96. The van der Waals surface area contributed by atoms with Crippen LogP contribution in [0.3, 0.4) is 0 Å². The van der Waals surface area contributed by atoms with Gasteiger partial charge in [0.25, 0.3) is 0 Å². The zero-order valence-corrected chi connectivity index (χ0v) is 63.6. The first-order chi connectivity index (χ1) is 54.4. The molecule has 43 nitrogen and oxygen atoms in total. The Morgan fingerprint density at radius 1 is 0.574 bits per heavy atom. The van der Waals surface area contributed by atoms with Crippen molar-refractivity contribution >= 4 is 135 Å². The van der Waals surface area contributed by atoms with Gasteiger partial charge in [-0.15, -0.1) is 0 Å². The highest BCUT2D eigenvalue weighted by atomic mass is 16.5. The van der Waals surface area contributed by atoms with Crippen LogP contribution in [0.2, 0.25) is 0 Å². The number of nitrogens with one attached hydrogen (secondary N) is 14. The van der Waals surface area contributed by atoms with Crippen LogP contribution in [-0.4, -0.2) is 248 Å². The number of para-hydroxylation sites is 2. The van der Waals surface area contributed by atoms with Crippen molar-refractivity contribution in [2.45, 2.75) is 209 Å². The number of aliphatic carboxylic acids is 4. The number of aliphatic hydroxyl groups is 1. The summed E-state index contributed by atoms with van der Waals surface area (Å²) < 4.78 is 5.68. The summed E-state index contributed by atoms with van der Waals surface area (Å²) in [5, 5.41) is 78.8. The van der Waals surface area contributed by atoms with E-state index in [0.29, 0.717) is 29.3 Å². The summed E-state index contributed by atoms with van der Waals surface area (Å²) >= 11 is 0. The number of nitrogens with two attached hydrogens (primary N) is 3. The number of Topliss-reactive ketones (excluding diaryl/α,β-unsaturated/α-hetero) is 1. The van der Waals surface area contributed by atoms with Gasteiger partial charge in [0.2, 0.25) is 82.7 Å². The topological polar surface area (TPSA) is 702 Å². The molecule has 3 aromatic rings. The lowest BCUT2D eigenvalue weighted by Gasteiger charge is -2.30. The molecule has 0 spiro atoms. The highest BCUT2D eigenvalue weighted by molar-refractivity contribution is 6.05. The molecule has 13 atom stereocenters. The maximum absolute atomic E-state index is 14.8. The van der Waals surface area contributed by atoms with Gasteiger partial charge < -0.3 is 122 Å². The van der Waals surface area contributed by atoms with Gasteiger partial charge in [-0.3, -0.25) is 86.3 Å². The van der Waals surface area contributed by atoms with E-state index in [1.807, 2.05) is 16.0 Å². The smallest absolute Gasteiger partial charge is 0.329 e. The number of amides is 14. The number of nitrogen functional groups attached to an aromatic ring is 1. The molecule has 25 N–H and O–H groups in total. The molecule has 0 saturated carbocycles. The molecular formula is C72H101N17O26. The number of fused-ring (bicyclic) bond motifs is 1. The van der Waals surface area contributed by atoms with Crippen molar-refractivity contribution in [1.29, 1.82) is 0 Å². The van der Waals surface area contributed by atoms with Gasteiger partial charge in [-0.2, -0.15) is 0 Å². The molecule has 2 heterocycles. The number of ether oxygens (including phenoxy) is 1. The first kappa shape index (κ1) is 94.7. The van der Waals surface area contributed by atoms with Crippen LogP contribution in [0.15, 0.2) is 54.7 Å². The number of carboxylic acid groups (broad SMARTS) is 4. The summed E-state index contributed by atoms with van der Waals surface area (Å²) in [5.41, 5.74) is 18.1. The minimum absolute atomic E-state index is 0.0193. The number of carboxylic acids is 4. The molecule has 0 bridgehead atoms. The van der Waals surface area contributed by atoms with Crippen LogP contribution in [-0.2, 0) is 102 Å². The Bertz CT molecular complexity index is 4040. The van der Waals surface area contributed by atoms with Crippen molar-refractivity contribution in [3.63, 3.8) is 0 Å². The number of hydrogen-bond acceptors (Lipinski definition) is 24. The number of carbonyl (C=O) groups is 20. The molecule has 2 aromatic carbocycles. The number of benzene rings is 2. The maximum Gasteiger partial charge on any atom is 0.329 e. The predicted molar refractivity (Wildman–Crippen MR) is 400 cm³/mol. The van der Waals surface area contributed by atoms with E-state index in [1.165, 1.54) is 24.3 Å². The zero-order valence-electron chi connectivity index (χ0n) is 63.6. The fourth-order valence-electron chi connectivity index (χ4n) is 11.7. The van der Waals surface area contributed by atoms with Crippen LogP contribution in [0.25, 0.3) is 10.9 Å². The quantitative estimate of drug-likeness (QED) is 0.0115. The summed E-state index contributed by atoms with van der Waals surface area (Å²) in [7, 11) is 0. The van der Waals surface area contributed by atoms with Gasteiger partial charge in [-0.25, -0.2) is 9.59 Å². The minimum atomic E-state index is -2.45. The monoisotopic (exact) mass is 1620 g/mol. The second-order valence-corrected chi connectivity index (χ2v) is 27.3. The molecular weight excluding hydrogens is 1520 g/mol. The highest BCUT2D eigenvalue weighted by Gasteiger charge is 2.41. The number of unbranched alkanes of at least 4 members (excludes halogenated alkanes) is 6. The van der Waals surface area contributed by atoms with E-state index in [-0.39, 0.29) is 37.1 Å². The third-order valence-corrected chi connectivity index (χ3v) is 17.9. The third-order valence-electron chi connectivity index (χ3n) is 17.9. The number of carbonyl (C=O) groups excluding carboxylic acids is 16. The van der Waals surface area contributed by atoms with Gasteiger partial charge in [0.05, 0.1) is 51.8 Å². The summed E-state index contributed by atoms with van der Waals surface area (Å²) in [6.45, 7) is 1.21. The number of esters is 1. The minimum Gasteiger partial charge on any atom is -0.481 e. The van der Waals surface area contributed by atoms with Gasteiger partial charge in [0.1, 0.15) is 72.6 Å². The normalized spacial score (nSPS) is 21.3. The number of primary amides is 1. The van der Waals surface area contributed by atoms with Crippen LogP contribution >= 0.6 is 0 Å². The van der Waals surface area contributed by atoms with E-state index in [1.54, 1.807) is 30.5 Å². The molecule has 1 unspecified atom stereocenters. The number of hydrogen-bond donors (Lipinski definition) is 22. The Morgan fingerprint density at radius 3 is 1.77 bits per heavy atom. The SMILES string of the molecule is CCCCCCCCCC(=O)N[C@@H](Cc1c[nH]c2ccccc12)C(=O)N[C@H](CC(N)=O)C(=O)N[C@@H](CC(=O)O)C(=O)N[C@@H]1C(=O)NCC(=O)N[C@@H](CCCN)C(=O)N[C@@H](CC(=O)O)C(=O)N[C@H](C)C(=O)NC(C(=O)O)CC(=O)NCC(=O)N[C@H](CO)C(=O)N[C@@H]([C@H](C)CC(=O)O)C(=O)N[C@@H](CC(=O)c2ccccc2N)C(=O)O[C@@H]1C. The molecule has 4 rings (SSSR count). The molecule has 0 aliphatic carbocycles. The van der Waals surface area contributed by atoms with E-state index in [4.69, 9.17) is 21.9 Å². The second kappa shape index (κ2) is 47.6. The van der Waals surface area contributed by atoms with Crippen molar-refractivity contribution in [2.24, 2.45) is 17.4 Å². The third kappa shape index (κ3) is 32.5. The van der Waals surface area contributed by atoms with Crippen LogP contribution < -0.4 is 86.3 Å². The van der Waals surface area contributed by atoms with E-state index < -0.39 is 261 Å². The maximum atomic E-state index is 14.8. The Morgan fingerprint density at radius 2 is 1.16 bits per heavy atom. The molecule has 14 amide bonds. The van der Waals surface area contributed by atoms with Crippen molar-refractivity contribution < 1.29 is 126 Å². The molecule has 630 valence electrons. The number of ketones is 1. The molecule has 1 aliphatic heterocycles. The van der Waals surface area contributed by atoms with E-state index in [9.17, 15) is 121 Å². The Labute approximate surface area is 657 Å². The van der Waals surface area contributed by atoms with Crippen LogP contribution in [0.1, 0.15) is 146 Å². The van der Waals surface area contributed by atoms with Crippen molar-refractivity contribution in [1.82, 2.24) is 74.1 Å². The number of aliphatic hydroxyl groups excluding tert-OH is 1. The van der Waals surface area contributed by atoms with Crippen molar-refractivity contribution in [3.05, 3.63) is 65.9 Å². The highest BCUT2D eigenvalue weighted by Crippen LogP contribution is 2.22. The standard InChI is InChI=1S/C72H101N17O26/c1-5-6-7-8-9-10-11-22-53(93)81-44(25-38-31-76-42-20-15-13-17-39(38)42)65(106)83-45(27-52(75)92)66(107)85-47(30-59(101)102)67(108)89-61-37(4)115-72(114)49(26-51(91)40-18-12-14-19-41(40)74)87-70(111)60(35(2)24-57(97)98)88-68(109)50(34-90)82-55(95)32-77-54(94)28-48(71(112)113)86-62(103)36(3)79-64(105)46(29-58(99)100)84-63(104)43(21-16-23-73)80-56(96)33-78-69(61)110/h12-15,17-20,31,35-37,43-50,60-61,76,90H,5-11,16,21-30,32-34,73-74H2,1-4H3,(H2,75,92)(H,77,94)(H,78,110)(H,79,105)(H,80,96)(H,81,93)(H,82,95)(H,83,106)(H,84,104)(H,85,107)(H,86,103)(H,87,111)(H,88,109)(H,89,108)(H,97,98)(H,99,100)(H,101,102)(H,112,113)/t35-,36-,37-,43+,44+,45-,46+,47+,48?,49+,50-,60+,61+/m1/s1. The Balaban J connectivity index is 1.87. The number of cyclic esters (lactones) is 1. The fourth-order valence-corrected chi connectivity index (χ4v) is 11.7. The number of aromatic nitrogens is 1. The van der Waals surface area contributed by atoms with E-state index >= 15 is 0 Å². The van der Waals surface area contributed by atoms with Crippen molar-refractivity contribution in [2.75, 3.05) is 32.0 Å². The first-order valence-corrected chi connectivity index (χ1v) is 36.8. The molecule has 1 aliphatic rings. The Kier molecular flexibility index (Phi) is 39.2. The van der Waals surface area contributed by atoms with Crippen LogP contribution in [0, 0.1) is 5.92 Å². The average molecular weight is 1620 g/mol. The molecule has 1 saturated heterocycles. The molecule has 1 aromatic heterocycles. The van der Waals surface area contributed by atoms with Gasteiger partial charge in [0, 0.05) is 47.6 Å². The molecule has 115 heavy (non-hydrogen) atoms. The van der Waals surface area contributed by atoms with Crippen LogP contribution in [0.4, 0.5) is 5.69 Å². The summed E-state index contributed by atoms with van der Waals surface area (Å²) in [5.74, 6) is -29.6. The summed E-state index contributed by atoms with van der Waals surface area (Å²) in [4.78, 5) is 276. The Hall–Kier alpha value is -12.7. The first-order valence-electron chi connectivity index (χ1n) is 36.8. The molecule has 1 fully saturated rings. The summed E-state index contributed by atoms with van der Waals surface area (Å²) in [6.07, 6.45) is -2.25. The van der Waals surface area contributed by atoms with Gasteiger partial charge in [0.15, 0.2) is 5.78 Å². The number of H-pyrrole nitrogens is 1. The second-order valence-electron chi connectivity index (χ2n) is 27.3. The molecule has 0 radical (unpaired) electrons. The van der Waals surface area contributed by atoms with Gasteiger partial charge in [-0.1, -0.05) is 82.7 Å². The number of rotatable bonds is 34. The largest absolute Gasteiger partial charge is 0.481 e. The average Bonchev–Trinajstić information content (AvgIpc) is 1.49. The van der Waals surface area contributed by atoms with Gasteiger partial charge in [-0.05, 0) is 69.3 Å². The number of aromatic amines is 1. The number of anilines is 1. The van der Waals surface area contributed by atoms with E-state index in [2.05, 4.69) is 65.1 Å². The summed E-state index contributed by atoms with van der Waals surface area (Å²) in [6, 6.07) is -10.5. The van der Waals surface area contributed by atoms with E-state index in [0.717, 1.165) is 52.9 Å². The molecule has 43 heteroatoms. The lowest BCUT2D eigenvalue weighted by molar-refractivity contribution is -0.156. The lowest BCUT2D eigenvalue weighted by Crippen LogP contribution is -2.62. The predicted octanol–water partition coefficient (Wildman–Crippen LogP) is -5.62.